The second kappa shape index (κ2) is 4.62. The summed E-state index contributed by atoms with van der Waals surface area (Å²) in [6, 6.07) is 0. The van der Waals surface area contributed by atoms with Gasteiger partial charge in [-0.2, -0.15) is 0 Å². The third-order valence-electron chi connectivity index (χ3n) is 1.82. The van der Waals surface area contributed by atoms with Gasteiger partial charge in [0, 0.05) is 11.8 Å². The average Bonchev–Trinajstić information content (AvgIpc) is 1.98. The zero-order valence-corrected chi connectivity index (χ0v) is 8.34. The Kier molecular flexibility index (Phi) is 5.61. The molecule has 1 fully saturated rings. The quantitative estimate of drug-likeness (QED) is 0.319. The highest BCUT2D eigenvalue weighted by molar-refractivity contribution is 7.37. The van der Waals surface area contributed by atoms with Gasteiger partial charge in [-0.15, -0.1) is 0 Å². The van der Waals surface area contributed by atoms with Gasteiger partial charge in [0.2, 0.25) is 11.8 Å². The normalized spacial score (nSPS) is 28.5. The van der Waals surface area contributed by atoms with Gasteiger partial charge in [-0.25, -0.2) is 0 Å². The van der Waals surface area contributed by atoms with Crippen LogP contribution in [0.3, 0.4) is 0 Å². The average molecular weight is 198 g/mol. The molecule has 2 amide bonds. The summed E-state index contributed by atoms with van der Waals surface area (Å²) >= 11 is 0. The molecule has 1 N–H and O–H groups in total. The highest BCUT2D eigenvalue weighted by Crippen LogP contribution is 2.16. The summed E-state index contributed by atoms with van der Waals surface area (Å²) in [4.78, 5) is 21.3. The first-order valence-electron chi connectivity index (χ1n) is 2.97. The van der Waals surface area contributed by atoms with Crippen LogP contribution in [0.4, 0.5) is 0 Å². The van der Waals surface area contributed by atoms with Crippen molar-refractivity contribution in [2.75, 3.05) is 0 Å². The highest BCUT2D eigenvalue weighted by atomic mass is 35.5. The van der Waals surface area contributed by atoms with Gasteiger partial charge < -0.3 is 12.4 Å². The minimum absolute atomic E-state index is 0. The fourth-order valence-corrected chi connectivity index (χ4v) is 0.803. The van der Waals surface area contributed by atoms with Crippen molar-refractivity contribution < 1.29 is 22.0 Å². The maximum absolute atomic E-state index is 10.7. The van der Waals surface area contributed by atoms with Crippen LogP contribution in [-0.4, -0.2) is 11.8 Å². The van der Waals surface area contributed by atoms with Crippen LogP contribution in [0.5, 0.6) is 0 Å². The fourth-order valence-electron chi connectivity index (χ4n) is 0.803. The fraction of sp³-hybridized carbons (Fsp3) is 0.667. The van der Waals surface area contributed by atoms with E-state index in [1.165, 1.54) is 0 Å². The molecule has 11 heavy (non-hydrogen) atoms. The van der Waals surface area contributed by atoms with Crippen molar-refractivity contribution in [3.63, 3.8) is 0 Å². The van der Waals surface area contributed by atoms with Gasteiger partial charge in [0.1, 0.15) is 0 Å². The van der Waals surface area contributed by atoms with E-state index in [2.05, 4.69) is 5.32 Å². The molecule has 0 aromatic rings. The van der Waals surface area contributed by atoms with Crippen LogP contribution in [0.2, 0.25) is 0 Å². The number of imide groups is 1. The Labute approximate surface area is 78.8 Å². The summed E-state index contributed by atoms with van der Waals surface area (Å²) in [5.41, 5.74) is 0. The van der Waals surface area contributed by atoms with Gasteiger partial charge in [0.05, 0.1) is 0 Å². The second-order valence-electron chi connectivity index (χ2n) is 2.43. The minimum Gasteiger partial charge on any atom is -1.00 e. The first-order chi connectivity index (χ1) is 4.13. The topological polar surface area (TPSA) is 46.2 Å². The molecule has 1 saturated heterocycles. The van der Waals surface area contributed by atoms with E-state index >= 15 is 0 Å². The van der Waals surface area contributed by atoms with Crippen LogP contribution in [0.25, 0.3) is 0 Å². The van der Waals surface area contributed by atoms with Gasteiger partial charge in [-0.1, -0.05) is 27.3 Å². The van der Waals surface area contributed by atoms with Gasteiger partial charge in [-0.05, 0) is 0 Å². The SMILES string of the molecule is CC1C(=O)NC(=O)C1C.[Cl-].[SH3+]. The Morgan fingerprint density at radius 2 is 1.36 bits per heavy atom. The number of rotatable bonds is 0. The zero-order chi connectivity index (χ0) is 7.02. The van der Waals surface area contributed by atoms with E-state index in [1.807, 2.05) is 0 Å². The van der Waals surface area contributed by atoms with E-state index in [0.717, 1.165) is 0 Å². The molecule has 0 aromatic carbocycles. The standard InChI is InChI=1S/C6H9NO2.ClH.H2S/c1-3-4(2)6(9)7-5(3)8;;/h3-4H,1-2H3,(H,7,8,9);1H;1H2. The van der Waals surface area contributed by atoms with Gasteiger partial charge in [-0.3, -0.25) is 14.9 Å². The smallest absolute Gasteiger partial charge is 0.230 e. The number of hydrogen-bond donors (Lipinski definition) is 1. The van der Waals surface area contributed by atoms with Crippen LogP contribution in [0.1, 0.15) is 13.8 Å². The number of carbonyl (C=O) groups is 2. The van der Waals surface area contributed by atoms with Crippen LogP contribution >= 0.6 is 0 Å². The van der Waals surface area contributed by atoms with Crippen molar-refractivity contribution in [1.29, 1.82) is 0 Å². The monoisotopic (exact) mass is 197 g/mol. The molecule has 1 rings (SSSR count). The third-order valence-corrected chi connectivity index (χ3v) is 1.82. The molecule has 1 aliphatic rings. The Balaban J connectivity index is 0. The highest BCUT2D eigenvalue weighted by Gasteiger charge is 2.34. The summed E-state index contributed by atoms with van der Waals surface area (Å²) < 4.78 is 0. The number of halogens is 1. The van der Waals surface area contributed by atoms with Crippen molar-refractivity contribution in [1.82, 2.24) is 5.32 Å². The zero-order valence-electron chi connectivity index (χ0n) is 6.43. The van der Waals surface area contributed by atoms with Crippen molar-refractivity contribution in [3.8, 4) is 0 Å². The van der Waals surface area contributed by atoms with E-state index in [1.54, 1.807) is 13.8 Å². The van der Waals surface area contributed by atoms with Crippen molar-refractivity contribution in [2.45, 2.75) is 13.8 Å². The second-order valence-corrected chi connectivity index (χ2v) is 2.43. The van der Waals surface area contributed by atoms with E-state index in [4.69, 9.17) is 0 Å². The summed E-state index contributed by atoms with van der Waals surface area (Å²) in [5, 5.41) is 2.24. The summed E-state index contributed by atoms with van der Waals surface area (Å²) in [6.45, 7) is 3.51. The Hall–Kier alpha value is -0.220. The molecule has 0 saturated carbocycles. The molecule has 2 atom stereocenters. The predicted octanol–water partition coefficient (Wildman–Crippen LogP) is -3.89. The van der Waals surface area contributed by atoms with Gasteiger partial charge in [0.25, 0.3) is 0 Å². The lowest BCUT2D eigenvalue weighted by Crippen LogP contribution is -3.00. The van der Waals surface area contributed by atoms with Crippen LogP contribution in [-0.2, 0) is 23.1 Å². The first kappa shape index (κ1) is 13.4. The molecule has 1 heterocycles. The molecule has 0 spiro atoms. The summed E-state index contributed by atoms with van der Waals surface area (Å²) in [5.74, 6) is -0.574. The molecule has 3 nitrogen and oxygen atoms in total. The van der Waals surface area contributed by atoms with Crippen LogP contribution < -0.4 is 17.7 Å². The van der Waals surface area contributed by atoms with E-state index in [-0.39, 0.29) is 49.6 Å². The van der Waals surface area contributed by atoms with Crippen LogP contribution in [0.15, 0.2) is 0 Å². The van der Waals surface area contributed by atoms with Crippen molar-refractivity contribution in [3.05, 3.63) is 0 Å². The minimum atomic E-state index is -0.146. The predicted molar refractivity (Wildman–Crippen MR) is 43.0 cm³/mol. The van der Waals surface area contributed by atoms with Crippen molar-refractivity contribution in [2.24, 2.45) is 11.8 Å². The molecular formula is C6H12ClNO2S. The number of nitrogens with one attached hydrogen (secondary N) is 1. The maximum atomic E-state index is 10.7. The summed E-state index contributed by atoms with van der Waals surface area (Å²) in [6.07, 6.45) is 0. The van der Waals surface area contributed by atoms with Gasteiger partial charge in [0.15, 0.2) is 0 Å². The van der Waals surface area contributed by atoms with E-state index in [0.29, 0.717) is 0 Å². The Bertz CT molecular complexity index is 156. The lowest BCUT2D eigenvalue weighted by atomic mass is 10.00. The number of carbonyl (C=O) groups excluding carboxylic acids is 2. The van der Waals surface area contributed by atoms with Gasteiger partial charge >= 0.3 is 0 Å². The first-order valence-corrected chi connectivity index (χ1v) is 2.97. The molecular weight excluding hydrogens is 186 g/mol. The van der Waals surface area contributed by atoms with Crippen molar-refractivity contribution >= 4 is 25.3 Å². The largest absolute Gasteiger partial charge is 1.00 e. The lowest BCUT2D eigenvalue weighted by Gasteiger charge is -1.99. The maximum Gasteiger partial charge on any atom is 0.230 e. The van der Waals surface area contributed by atoms with E-state index < -0.39 is 0 Å². The molecule has 5 heteroatoms. The third kappa shape index (κ3) is 2.38. The Morgan fingerprint density at radius 1 is 1.09 bits per heavy atom. The van der Waals surface area contributed by atoms with E-state index in [9.17, 15) is 9.59 Å². The summed E-state index contributed by atoms with van der Waals surface area (Å²) in [7, 11) is 0. The molecule has 1 aliphatic heterocycles. The van der Waals surface area contributed by atoms with Crippen LogP contribution in [0, 0.1) is 11.8 Å². The number of amides is 2. The molecule has 2 unspecified atom stereocenters. The molecule has 0 aromatic heterocycles. The molecule has 66 valence electrons. The molecule has 0 aliphatic carbocycles. The molecule has 0 radical (unpaired) electrons. The number of hydrogen-bond acceptors (Lipinski definition) is 2. The molecule has 0 bridgehead atoms. The Morgan fingerprint density at radius 3 is 1.45 bits per heavy atom. The lowest BCUT2D eigenvalue weighted by molar-refractivity contribution is -0.126.